The van der Waals surface area contributed by atoms with E-state index >= 15 is 0 Å². The Labute approximate surface area is 169 Å². The molecule has 5 nitrogen and oxygen atoms in total. The minimum absolute atomic E-state index is 0. The fraction of sp³-hybridized carbons (Fsp3) is 0.632. The van der Waals surface area contributed by atoms with Crippen LogP contribution in [0, 0.1) is 0 Å². The Balaban J connectivity index is 0.00000312. The van der Waals surface area contributed by atoms with Gasteiger partial charge in [-0.2, -0.15) is 0 Å². The van der Waals surface area contributed by atoms with Gasteiger partial charge in [0.25, 0.3) is 0 Å². The summed E-state index contributed by atoms with van der Waals surface area (Å²) >= 11 is 0. The number of nitrogens with zero attached hydrogens (tertiary/aromatic N) is 2. The van der Waals surface area contributed by atoms with Crippen LogP contribution in [0.4, 0.5) is 0 Å². The van der Waals surface area contributed by atoms with Crippen LogP contribution in [0.25, 0.3) is 0 Å². The van der Waals surface area contributed by atoms with Gasteiger partial charge in [-0.3, -0.25) is 9.89 Å². The van der Waals surface area contributed by atoms with E-state index in [1.54, 1.807) is 14.2 Å². The number of likely N-dealkylation sites (tertiary alicyclic amines) is 1. The van der Waals surface area contributed by atoms with Gasteiger partial charge >= 0.3 is 0 Å². The first-order valence-electron chi connectivity index (χ1n) is 9.05. The third-order valence-electron chi connectivity index (χ3n) is 4.38. The quantitative estimate of drug-likeness (QED) is 0.284. The molecule has 0 bridgehead atoms. The van der Waals surface area contributed by atoms with Crippen LogP contribution in [0.15, 0.2) is 29.3 Å². The van der Waals surface area contributed by atoms with Crippen LogP contribution in [0.2, 0.25) is 0 Å². The maximum absolute atomic E-state index is 5.05. The lowest BCUT2D eigenvalue weighted by Gasteiger charge is -2.20. The third-order valence-corrected chi connectivity index (χ3v) is 4.38. The molecule has 1 saturated heterocycles. The molecule has 2 rings (SSSR count). The van der Waals surface area contributed by atoms with E-state index < -0.39 is 0 Å². The third kappa shape index (κ3) is 8.87. The Morgan fingerprint density at radius 1 is 1.12 bits per heavy atom. The van der Waals surface area contributed by atoms with E-state index in [0.717, 1.165) is 25.6 Å². The molecule has 142 valence electrons. The average molecular weight is 460 g/mol. The van der Waals surface area contributed by atoms with Crippen molar-refractivity contribution in [3.05, 3.63) is 35.4 Å². The Morgan fingerprint density at radius 3 is 2.52 bits per heavy atom. The summed E-state index contributed by atoms with van der Waals surface area (Å²) < 4.78 is 5.05. The molecule has 25 heavy (non-hydrogen) atoms. The second kappa shape index (κ2) is 13.4. The number of nitrogens with one attached hydrogen (secondary N) is 2. The molecule has 1 aliphatic rings. The summed E-state index contributed by atoms with van der Waals surface area (Å²) in [6.07, 6.45) is 5.45. The van der Waals surface area contributed by atoms with Gasteiger partial charge in [-0.1, -0.05) is 37.1 Å². The van der Waals surface area contributed by atoms with Gasteiger partial charge in [0.2, 0.25) is 0 Å². The number of hydrogen-bond donors (Lipinski definition) is 2. The van der Waals surface area contributed by atoms with E-state index in [1.807, 2.05) is 0 Å². The molecular formula is C19H33IN4O. The Kier molecular flexibility index (Phi) is 11.9. The molecule has 0 unspecified atom stereocenters. The molecule has 0 aliphatic carbocycles. The van der Waals surface area contributed by atoms with E-state index in [-0.39, 0.29) is 24.0 Å². The summed E-state index contributed by atoms with van der Waals surface area (Å²) in [6.45, 7) is 5.74. The van der Waals surface area contributed by atoms with E-state index in [0.29, 0.717) is 6.61 Å². The molecule has 1 heterocycles. The zero-order valence-corrected chi connectivity index (χ0v) is 17.9. The van der Waals surface area contributed by atoms with Gasteiger partial charge in [-0.25, -0.2) is 0 Å². The first-order chi connectivity index (χ1) is 11.8. The molecule has 1 fully saturated rings. The lowest BCUT2D eigenvalue weighted by molar-refractivity contribution is 0.203. The predicted molar refractivity (Wildman–Crippen MR) is 116 cm³/mol. The van der Waals surface area contributed by atoms with Crippen molar-refractivity contribution in [2.24, 2.45) is 4.99 Å². The van der Waals surface area contributed by atoms with Crippen LogP contribution in [0.1, 0.15) is 36.8 Å². The van der Waals surface area contributed by atoms with Gasteiger partial charge in [-0.15, -0.1) is 24.0 Å². The highest BCUT2D eigenvalue weighted by Crippen LogP contribution is 2.14. The Bertz CT molecular complexity index is 502. The van der Waals surface area contributed by atoms with Crippen molar-refractivity contribution in [3.8, 4) is 0 Å². The molecule has 2 N–H and O–H groups in total. The molecule has 0 amide bonds. The van der Waals surface area contributed by atoms with Crippen molar-refractivity contribution < 1.29 is 4.74 Å². The summed E-state index contributed by atoms with van der Waals surface area (Å²) in [4.78, 5) is 6.82. The highest BCUT2D eigenvalue weighted by atomic mass is 127. The van der Waals surface area contributed by atoms with Crippen LogP contribution in [0.3, 0.4) is 0 Å². The van der Waals surface area contributed by atoms with Crippen LogP contribution in [0.5, 0.6) is 0 Å². The predicted octanol–water partition coefficient (Wildman–Crippen LogP) is 2.99. The standard InChI is InChI=1S/C19H32N4O.HI/c1-20-19(21-10-13-24-2)22-15-17-8-7-9-18(14-17)16-23-11-5-3-4-6-12-23;/h7-9,14H,3-6,10-13,15-16H2,1-2H3,(H2,20,21,22);1H. The van der Waals surface area contributed by atoms with Crippen molar-refractivity contribution in [1.82, 2.24) is 15.5 Å². The number of benzene rings is 1. The summed E-state index contributed by atoms with van der Waals surface area (Å²) in [6, 6.07) is 8.87. The van der Waals surface area contributed by atoms with E-state index in [4.69, 9.17) is 4.74 Å². The van der Waals surface area contributed by atoms with Crippen LogP contribution in [-0.2, 0) is 17.8 Å². The van der Waals surface area contributed by atoms with Gasteiger partial charge in [0.1, 0.15) is 0 Å². The number of halogens is 1. The molecule has 0 aromatic heterocycles. The van der Waals surface area contributed by atoms with Crippen molar-refractivity contribution in [2.45, 2.75) is 38.8 Å². The van der Waals surface area contributed by atoms with Gasteiger partial charge < -0.3 is 15.4 Å². The van der Waals surface area contributed by atoms with Crippen LogP contribution >= 0.6 is 24.0 Å². The van der Waals surface area contributed by atoms with E-state index in [9.17, 15) is 0 Å². The SMILES string of the molecule is CN=C(NCCOC)NCc1cccc(CN2CCCCCC2)c1.I. The summed E-state index contributed by atoms with van der Waals surface area (Å²) in [5.74, 6) is 0.810. The molecule has 1 aliphatic heterocycles. The fourth-order valence-electron chi connectivity index (χ4n) is 3.07. The number of hydrogen-bond acceptors (Lipinski definition) is 3. The topological polar surface area (TPSA) is 48.9 Å². The number of rotatable bonds is 7. The van der Waals surface area contributed by atoms with Gasteiger partial charge in [0.15, 0.2) is 5.96 Å². The Morgan fingerprint density at radius 2 is 1.84 bits per heavy atom. The number of aliphatic imine (C=N–C) groups is 1. The summed E-state index contributed by atoms with van der Waals surface area (Å²) in [5, 5.41) is 6.59. The number of methoxy groups -OCH3 is 1. The van der Waals surface area contributed by atoms with E-state index in [1.165, 1.54) is 49.9 Å². The summed E-state index contributed by atoms with van der Waals surface area (Å²) in [7, 11) is 3.49. The highest BCUT2D eigenvalue weighted by molar-refractivity contribution is 14.0. The summed E-state index contributed by atoms with van der Waals surface area (Å²) in [5.41, 5.74) is 2.69. The second-order valence-electron chi connectivity index (χ2n) is 6.36. The molecular weight excluding hydrogens is 427 g/mol. The molecule has 0 spiro atoms. The molecule has 0 atom stereocenters. The molecule has 6 heteroatoms. The van der Waals surface area contributed by atoms with Crippen molar-refractivity contribution >= 4 is 29.9 Å². The second-order valence-corrected chi connectivity index (χ2v) is 6.36. The lowest BCUT2D eigenvalue weighted by atomic mass is 10.1. The molecule has 1 aromatic rings. The zero-order chi connectivity index (χ0) is 17.0. The minimum Gasteiger partial charge on any atom is -0.383 e. The van der Waals surface area contributed by atoms with Crippen LogP contribution in [-0.4, -0.2) is 51.3 Å². The average Bonchev–Trinajstić information content (AvgIpc) is 2.87. The maximum atomic E-state index is 5.05. The fourth-order valence-corrected chi connectivity index (χ4v) is 3.07. The minimum atomic E-state index is 0. The maximum Gasteiger partial charge on any atom is 0.191 e. The first kappa shape index (κ1) is 22.2. The number of guanidine groups is 1. The van der Waals surface area contributed by atoms with Gasteiger partial charge in [0.05, 0.1) is 6.61 Å². The molecule has 0 radical (unpaired) electrons. The van der Waals surface area contributed by atoms with Gasteiger partial charge in [-0.05, 0) is 37.1 Å². The van der Waals surface area contributed by atoms with Crippen molar-refractivity contribution in [3.63, 3.8) is 0 Å². The van der Waals surface area contributed by atoms with Gasteiger partial charge in [0, 0.05) is 33.8 Å². The Hall–Kier alpha value is -0.860. The number of ether oxygens (including phenoxy) is 1. The first-order valence-corrected chi connectivity index (χ1v) is 9.05. The largest absolute Gasteiger partial charge is 0.383 e. The van der Waals surface area contributed by atoms with Crippen LogP contribution < -0.4 is 10.6 Å². The zero-order valence-electron chi connectivity index (χ0n) is 15.6. The smallest absolute Gasteiger partial charge is 0.191 e. The van der Waals surface area contributed by atoms with Crippen molar-refractivity contribution in [2.75, 3.05) is 40.4 Å². The van der Waals surface area contributed by atoms with E-state index in [2.05, 4.69) is 44.8 Å². The normalized spacial score (nSPS) is 16.0. The monoisotopic (exact) mass is 460 g/mol. The van der Waals surface area contributed by atoms with Crippen molar-refractivity contribution in [1.29, 1.82) is 0 Å². The lowest BCUT2D eigenvalue weighted by Crippen LogP contribution is -2.38. The molecule has 1 aromatic carbocycles. The molecule has 0 saturated carbocycles. The highest BCUT2D eigenvalue weighted by Gasteiger charge is 2.09.